The second-order valence-corrected chi connectivity index (χ2v) is 11.1. The average molecular weight is 482 g/mol. The van der Waals surface area contributed by atoms with E-state index in [-0.39, 0.29) is 47.4 Å². The van der Waals surface area contributed by atoms with Gasteiger partial charge in [-0.2, -0.15) is 13.1 Å². The first-order chi connectivity index (χ1) is 14.6. The summed E-state index contributed by atoms with van der Waals surface area (Å²) in [6, 6.07) is 8.95. The molecule has 2 N–H and O–H groups in total. The first kappa shape index (κ1) is 21.8. The highest BCUT2D eigenvalue weighted by molar-refractivity contribution is 7.89. The van der Waals surface area contributed by atoms with Crippen LogP contribution in [-0.4, -0.2) is 66.9 Å². The van der Waals surface area contributed by atoms with Crippen LogP contribution in [-0.2, 0) is 20.0 Å². The summed E-state index contributed by atoms with van der Waals surface area (Å²) >= 11 is 0.948. The number of carbonyl (C=O) groups excluding carboxylic acids is 1. The van der Waals surface area contributed by atoms with E-state index in [1.807, 2.05) is 0 Å². The molecule has 2 aromatic carbocycles. The summed E-state index contributed by atoms with van der Waals surface area (Å²) in [7, 11) is -7.75. The van der Waals surface area contributed by atoms with Gasteiger partial charge in [0.15, 0.2) is 0 Å². The van der Waals surface area contributed by atoms with E-state index in [2.05, 4.69) is 8.75 Å². The molecule has 0 unspecified atom stereocenters. The van der Waals surface area contributed by atoms with E-state index < -0.39 is 20.0 Å². The maximum atomic E-state index is 13.1. The molecule has 1 amide bonds. The third-order valence-electron chi connectivity index (χ3n) is 5.16. The highest BCUT2D eigenvalue weighted by Crippen LogP contribution is 2.26. The van der Waals surface area contributed by atoms with Gasteiger partial charge in [-0.25, -0.2) is 22.0 Å². The lowest BCUT2D eigenvalue weighted by Gasteiger charge is -2.34. The molecule has 0 spiro atoms. The van der Waals surface area contributed by atoms with Gasteiger partial charge in [-0.15, -0.1) is 0 Å². The molecular formula is C18H19N5O5S3. The number of amides is 1. The Kier molecular flexibility index (Phi) is 5.55. The number of aromatic nitrogens is 2. The number of carbonyl (C=O) groups is 1. The van der Waals surface area contributed by atoms with Crippen molar-refractivity contribution in [2.75, 3.05) is 26.2 Å². The highest BCUT2D eigenvalue weighted by Gasteiger charge is 2.32. The number of nitrogens with zero attached hydrogens (tertiary/aromatic N) is 4. The van der Waals surface area contributed by atoms with Crippen LogP contribution < -0.4 is 5.14 Å². The Hall–Kier alpha value is -2.45. The Morgan fingerprint density at radius 1 is 1.03 bits per heavy atom. The van der Waals surface area contributed by atoms with E-state index in [1.54, 1.807) is 19.1 Å². The number of hydrogen-bond acceptors (Lipinski definition) is 8. The summed E-state index contributed by atoms with van der Waals surface area (Å²) in [6.07, 6.45) is 0. The third kappa shape index (κ3) is 4.06. The lowest BCUT2D eigenvalue weighted by Crippen LogP contribution is -2.50. The number of sulfonamides is 2. The normalized spacial score (nSPS) is 16.0. The lowest BCUT2D eigenvalue weighted by atomic mass is 10.1. The maximum absolute atomic E-state index is 13.1. The predicted molar refractivity (Wildman–Crippen MR) is 115 cm³/mol. The van der Waals surface area contributed by atoms with Crippen molar-refractivity contribution >= 4 is 48.7 Å². The molecule has 1 aliphatic rings. The number of primary sulfonamides is 1. The number of benzene rings is 2. The number of fused-ring (bicyclic) bond motifs is 1. The summed E-state index contributed by atoms with van der Waals surface area (Å²) in [5, 5.41) is 5.17. The Morgan fingerprint density at radius 3 is 2.42 bits per heavy atom. The van der Waals surface area contributed by atoms with Gasteiger partial charge in [-0.1, -0.05) is 12.1 Å². The quantitative estimate of drug-likeness (QED) is 0.580. The molecule has 31 heavy (non-hydrogen) atoms. The largest absolute Gasteiger partial charge is 0.336 e. The van der Waals surface area contributed by atoms with Gasteiger partial charge < -0.3 is 4.90 Å². The minimum absolute atomic E-state index is 0.0928. The van der Waals surface area contributed by atoms with Gasteiger partial charge in [-0.3, -0.25) is 4.79 Å². The molecule has 0 aliphatic carbocycles. The van der Waals surface area contributed by atoms with Crippen LogP contribution in [0.2, 0.25) is 0 Å². The fourth-order valence-electron chi connectivity index (χ4n) is 3.44. The van der Waals surface area contributed by atoms with Gasteiger partial charge in [0, 0.05) is 31.7 Å². The van der Waals surface area contributed by atoms with Crippen molar-refractivity contribution in [2.45, 2.75) is 16.7 Å². The lowest BCUT2D eigenvalue weighted by molar-refractivity contribution is 0.0697. The van der Waals surface area contributed by atoms with Crippen molar-refractivity contribution in [3.05, 3.63) is 47.5 Å². The Labute approximate surface area is 183 Å². The van der Waals surface area contributed by atoms with Crippen molar-refractivity contribution in [2.24, 2.45) is 5.14 Å². The van der Waals surface area contributed by atoms with Gasteiger partial charge in [-0.05, 0) is 36.8 Å². The SMILES string of the molecule is Cc1ccc(S(N)(=O)=O)cc1C(=O)N1CCN(S(=O)(=O)c2cccc3nsnc23)CC1. The summed E-state index contributed by atoms with van der Waals surface area (Å²) in [6.45, 7) is 2.25. The molecule has 0 radical (unpaired) electrons. The van der Waals surface area contributed by atoms with Crippen molar-refractivity contribution in [1.82, 2.24) is 18.0 Å². The van der Waals surface area contributed by atoms with Gasteiger partial charge >= 0.3 is 0 Å². The molecule has 13 heteroatoms. The topological polar surface area (TPSA) is 144 Å². The van der Waals surface area contributed by atoms with Crippen molar-refractivity contribution in [3.8, 4) is 0 Å². The molecule has 0 atom stereocenters. The van der Waals surface area contributed by atoms with E-state index >= 15 is 0 Å². The van der Waals surface area contributed by atoms with Crippen molar-refractivity contribution < 1.29 is 21.6 Å². The number of rotatable bonds is 4. The number of hydrogen-bond donors (Lipinski definition) is 1. The predicted octanol–water partition coefficient (Wildman–Crippen LogP) is 0.794. The molecule has 164 valence electrons. The zero-order valence-electron chi connectivity index (χ0n) is 16.4. The molecule has 1 aromatic heterocycles. The summed E-state index contributed by atoms with van der Waals surface area (Å²) in [4.78, 5) is 14.4. The fraction of sp³-hybridized carbons (Fsp3) is 0.278. The van der Waals surface area contributed by atoms with E-state index in [0.717, 1.165) is 11.7 Å². The Balaban J connectivity index is 1.54. The zero-order valence-corrected chi connectivity index (χ0v) is 18.9. The number of aryl methyl sites for hydroxylation is 1. The van der Waals surface area contributed by atoms with E-state index in [9.17, 15) is 21.6 Å². The first-order valence-electron chi connectivity index (χ1n) is 9.23. The Bertz CT molecular complexity index is 1380. The maximum Gasteiger partial charge on any atom is 0.254 e. The monoisotopic (exact) mass is 481 g/mol. The minimum atomic E-state index is -3.95. The highest BCUT2D eigenvalue weighted by atomic mass is 32.2. The van der Waals surface area contributed by atoms with E-state index in [4.69, 9.17) is 5.14 Å². The first-order valence-corrected chi connectivity index (χ1v) is 12.9. The smallest absolute Gasteiger partial charge is 0.254 e. The molecular weight excluding hydrogens is 462 g/mol. The van der Waals surface area contributed by atoms with Crippen LogP contribution in [0.3, 0.4) is 0 Å². The van der Waals surface area contributed by atoms with Crippen LogP contribution in [0.4, 0.5) is 0 Å². The molecule has 3 aromatic rings. The minimum Gasteiger partial charge on any atom is -0.336 e. The van der Waals surface area contributed by atoms with Crippen LogP contribution >= 0.6 is 11.7 Å². The van der Waals surface area contributed by atoms with Crippen LogP contribution in [0.15, 0.2) is 46.2 Å². The fourth-order valence-corrected chi connectivity index (χ4v) is 6.15. The Morgan fingerprint density at radius 2 is 1.74 bits per heavy atom. The van der Waals surface area contributed by atoms with Crippen molar-refractivity contribution in [3.63, 3.8) is 0 Å². The van der Waals surface area contributed by atoms with Crippen LogP contribution in [0.5, 0.6) is 0 Å². The van der Waals surface area contributed by atoms with Crippen LogP contribution in [0, 0.1) is 6.92 Å². The van der Waals surface area contributed by atoms with Crippen LogP contribution in [0.25, 0.3) is 11.0 Å². The molecule has 4 rings (SSSR count). The van der Waals surface area contributed by atoms with E-state index in [1.165, 1.54) is 33.5 Å². The molecule has 10 nitrogen and oxygen atoms in total. The zero-order chi connectivity index (χ0) is 22.4. The number of piperazine rings is 1. The number of nitrogens with two attached hydrogens (primary N) is 1. The van der Waals surface area contributed by atoms with Crippen molar-refractivity contribution in [1.29, 1.82) is 0 Å². The second-order valence-electron chi connectivity index (χ2n) is 7.11. The third-order valence-corrected chi connectivity index (χ3v) is 8.54. The summed E-state index contributed by atoms with van der Waals surface area (Å²) in [5.74, 6) is -0.370. The van der Waals surface area contributed by atoms with E-state index in [0.29, 0.717) is 16.6 Å². The summed E-state index contributed by atoms with van der Waals surface area (Å²) < 4.78 is 59.0. The second kappa shape index (κ2) is 7.91. The molecule has 0 saturated carbocycles. The standard InChI is InChI=1S/C18H19N5O5S3/c1-12-5-6-13(30(19,25)26)11-14(12)18(24)22-7-9-23(10-8-22)31(27,28)16-4-2-3-15-17(16)21-29-20-15/h2-6,11H,7-10H2,1H3,(H2,19,25,26). The molecule has 1 aliphatic heterocycles. The van der Waals surface area contributed by atoms with Gasteiger partial charge in [0.2, 0.25) is 20.0 Å². The molecule has 1 saturated heterocycles. The molecule has 2 heterocycles. The molecule has 1 fully saturated rings. The average Bonchev–Trinajstić information content (AvgIpc) is 3.21. The van der Waals surface area contributed by atoms with Gasteiger partial charge in [0.1, 0.15) is 15.9 Å². The molecule has 0 bridgehead atoms. The van der Waals surface area contributed by atoms with Gasteiger partial charge in [0.25, 0.3) is 5.91 Å². The summed E-state index contributed by atoms with van der Waals surface area (Å²) in [5.41, 5.74) is 1.68. The van der Waals surface area contributed by atoms with Gasteiger partial charge in [0.05, 0.1) is 16.6 Å². The van der Waals surface area contributed by atoms with Crippen LogP contribution in [0.1, 0.15) is 15.9 Å².